The highest BCUT2D eigenvalue weighted by Gasteiger charge is 2.37. The maximum absolute atomic E-state index is 13.2. The van der Waals surface area contributed by atoms with Crippen molar-refractivity contribution in [3.63, 3.8) is 0 Å². The zero-order chi connectivity index (χ0) is 16.5. The number of carbonyl (C=O) groups is 1. The van der Waals surface area contributed by atoms with Crippen LogP contribution in [0.15, 0.2) is 35.9 Å². The van der Waals surface area contributed by atoms with E-state index in [-0.39, 0.29) is 5.91 Å². The lowest BCUT2D eigenvalue weighted by atomic mass is 9.83. The van der Waals surface area contributed by atoms with Crippen molar-refractivity contribution in [1.29, 1.82) is 0 Å². The van der Waals surface area contributed by atoms with Gasteiger partial charge in [-0.2, -0.15) is 0 Å². The van der Waals surface area contributed by atoms with Crippen LogP contribution >= 0.6 is 0 Å². The van der Waals surface area contributed by atoms with Crippen LogP contribution in [0.25, 0.3) is 0 Å². The number of hydrogen-bond donors (Lipinski definition) is 0. The summed E-state index contributed by atoms with van der Waals surface area (Å²) in [5.41, 5.74) is 3.40. The van der Waals surface area contributed by atoms with Gasteiger partial charge in [-0.1, -0.05) is 23.8 Å². The fourth-order valence-corrected chi connectivity index (χ4v) is 4.36. The van der Waals surface area contributed by atoms with Crippen LogP contribution in [0.5, 0.6) is 0 Å². The fraction of sp³-hybridized carbons (Fsp3) is 0.550. The van der Waals surface area contributed by atoms with Gasteiger partial charge in [0.15, 0.2) is 0 Å². The third-order valence-corrected chi connectivity index (χ3v) is 5.70. The molecule has 128 valence electrons. The van der Waals surface area contributed by atoms with Gasteiger partial charge in [0, 0.05) is 31.9 Å². The Morgan fingerprint density at radius 1 is 1.12 bits per heavy atom. The van der Waals surface area contributed by atoms with E-state index in [4.69, 9.17) is 4.74 Å². The molecule has 1 amide bonds. The maximum Gasteiger partial charge on any atom is 0.255 e. The summed E-state index contributed by atoms with van der Waals surface area (Å²) in [6, 6.07) is 8.07. The van der Waals surface area contributed by atoms with E-state index in [1.54, 1.807) is 0 Å². The first kappa shape index (κ1) is 15.7. The summed E-state index contributed by atoms with van der Waals surface area (Å²) >= 11 is 0. The van der Waals surface area contributed by atoms with Crippen molar-refractivity contribution in [1.82, 2.24) is 4.90 Å². The van der Waals surface area contributed by atoms with E-state index in [1.807, 2.05) is 18.2 Å². The van der Waals surface area contributed by atoms with Crippen LogP contribution in [0, 0.1) is 11.8 Å². The minimum Gasteiger partial charge on any atom is -0.378 e. The van der Waals surface area contributed by atoms with Crippen LogP contribution in [-0.4, -0.2) is 50.2 Å². The third kappa shape index (κ3) is 2.95. The highest BCUT2D eigenvalue weighted by atomic mass is 16.5. The predicted octanol–water partition coefficient (Wildman–Crippen LogP) is 2.95. The van der Waals surface area contributed by atoms with Crippen LogP contribution in [0.2, 0.25) is 0 Å². The summed E-state index contributed by atoms with van der Waals surface area (Å²) < 4.78 is 5.45. The molecule has 0 bridgehead atoms. The molecule has 1 aromatic rings. The van der Waals surface area contributed by atoms with Crippen LogP contribution in [-0.2, 0) is 4.74 Å². The number of carbonyl (C=O) groups excluding carboxylic acids is 1. The number of likely N-dealkylation sites (tertiary alicyclic amines) is 1. The molecule has 4 heteroatoms. The molecule has 1 aromatic carbocycles. The lowest BCUT2D eigenvalue weighted by Gasteiger charge is -2.31. The Kier molecular flexibility index (Phi) is 4.31. The van der Waals surface area contributed by atoms with Crippen LogP contribution in [0.3, 0.4) is 0 Å². The van der Waals surface area contributed by atoms with Gasteiger partial charge >= 0.3 is 0 Å². The second-order valence-corrected chi connectivity index (χ2v) is 7.34. The Bertz CT molecular complexity index is 649. The molecule has 0 N–H and O–H groups in total. The normalized spacial score (nSPS) is 27.0. The number of anilines is 1. The van der Waals surface area contributed by atoms with E-state index in [0.29, 0.717) is 11.8 Å². The molecule has 3 aliphatic rings. The number of morpholine rings is 1. The van der Waals surface area contributed by atoms with Gasteiger partial charge in [-0.25, -0.2) is 0 Å². The van der Waals surface area contributed by atoms with E-state index in [9.17, 15) is 4.79 Å². The summed E-state index contributed by atoms with van der Waals surface area (Å²) in [6.45, 7) is 7.23. The number of allylic oxidation sites excluding steroid dienone is 2. The number of fused-ring (bicyclic) bond motifs is 1. The van der Waals surface area contributed by atoms with Gasteiger partial charge in [0.25, 0.3) is 5.91 Å². The number of benzene rings is 1. The van der Waals surface area contributed by atoms with Gasteiger partial charge in [-0.05, 0) is 43.7 Å². The van der Waals surface area contributed by atoms with Gasteiger partial charge in [-0.15, -0.1) is 0 Å². The third-order valence-electron chi connectivity index (χ3n) is 5.70. The minimum atomic E-state index is 0.198. The highest BCUT2D eigenvalue weighted by Crippen LogP contribution is 2.36. The predicted molar refractivity (Wildman–Crippen MR) is 95.3 cm³/mol. The van der Waals surface area contributed by atoms with Crippen LogP contribution < -0.4 is 4.90 Å². The topological polar surface area (TPSA) is 32.8 Å². The number of rotatable bonds is 2. The molecule has 0 radical (unpaired) electrons. The molecule has 0 spiro atoms. The molecule has 2 heterocycles. The fourth-order valence-electron chi connectivity index (χ4n) is 4.36. The molecular formula is C20H26N2O2. The zero-order valence-corrected chi connectivity index (χ0v) is 14.4. The second kappa shape index (κ2) is 6.60. The van der Waals surface area contributed by atoms with Gasteiger partial charge in [0.2, 0.25) is 0 Å². The molecule has 2 saturated heterocycles. The van der Waals surface area contributed by atoms with Crippen LogP contribution in [0.4, 0.5) is 5.69 Å². The summed E-state index contributed by atoms with van der Waals surface area (Å²) in [7, 11) is 0. The lowest BCUT2D eigenvalue weighted by Crippen LogP contribution is -2.38. The summed E-state index contributed by atoms with van der Waals surface area (Å²) in [5.74, 6) is 1.49. The minimum absolute atomic E-state index is 0.198. The van der Waals surface area contributed by atoms with E-state index >= 15 is 0 Å². The molecule has 4 rings (SSSR count). The first-order chi connectivity index (χ1) is 11.7. The Hall–Kier alpha value is -1.81. The highest BCUT2D eigenvalue weighted by molar-refractivity contribution is 6.00. The molecule has 0 saturated carbocycles. The Balaban J connectivity index is 1.53. The average molecular weight is 326 g/mol. The monoisotopic (exact) mass is 326 g/mol. The Morgan fingerprint density at radius 2 is 1.88 bits per heavy atom. The molecule has 2 atom stereocenters. The maximum atomic E-state index is 13.2. The molecule has 4 nitrogen and oxygen atoms in total. The molecule has 1 aliphatic carbocycles. The molecule has 2 aliphatic heterocycles. The SMILES string of the molecule is CC1=CC[C@H]2CN(C(=O)c3ccccc3N3CCOCC3)C[C@H]2C1. The van der Waals surface area contributed by atoms with Gasteiger partial charge < -0.3 is 14.5 Å². The van der Waals surface area contributed by atoms with Gasteiger partial charge in [-0.3, -0.25) is 4.79 Å². The number of amides is 1. The first-order valence-corrected chi connectivity index (χ1v) is 9.09. The summed E-state index contributed by atoms with van der Waals surface area (Å²) in [6.07, 6.45) is 4.64. The van der Waals surface area contributed by atoms with Crippen molar-refractivity contribution in [3.8, 4) is 0 Å². The quantitative estimate of drug-likeness (QED) is 0.784. The first-order valence-electron chi connectivity index (χ1n) is 9.09. The Morgan fingerprint density at radius 3 is 2.71 bits per heavy atom. The van der Waals surface area contributed by atoms with E-state index in [2.05, 4.69) is 28.9 Å². The van der Waals surface area contributed by atoms with Crippen molar-refractivity contribution in [2.45, 2.75) is 19.8 Å². The number of ether oxygens (including phenoxy) is 1. The average Bonchev–Trinajstić information content (AvgIpc) is 3.05. The van der Waals surface area contributed by atoms with Crippen LogP contribution in [0.1, 0.15) is 30.1 Å². The van der Waals surface area contributed by atoms with Crippen molar-refractivity contribution in [2.75, 3.05) is 44.3 Å². The molecule has 2 fully saturated rings. The van der Waals surface area contributed by atoms with Crippen molar-refractivity contribution in [3.05, 3.63) is 41.5 Å². The largest absolute Gasteiger partial charge is 0.378 e. The van der Waals surface area contributed by atoms with E-state index in [1.165, 1.54) is 5.57 Å². The molecule has 24 heavy (non-hydrogen) atoms. The molecule has 0 aromatic heterocycles. The standard InChI is InChI=1S/C20H26N2O2/c1-15-6-7-16-13-22(14-17(16)12-15)20(23)18-4-2-3-5-19(18)21-8-10-24-11-9-21/h2-6,16-17H,7-14H2,1H3/t16-,17+/m0/s1. The molecule has 0 unspecified atom stereocenters. The number of hydrogen-bond acceptors (Lipinski definition) is 3. The lowest BCUT2D eigenvalue weighted by molar-refractivity contribution is 0.0783. The number of nitrogens with zero attached hydrogens (tertiary/aromatic N) is 2. The molecular weight excluding hydrogens is 300 g/mol. The van der Waals surface area contributed by atoms with Gasteiger partial charge in [0.1, 0.15) is 0 Å². The van der Waals surface area contributed by atoms with E-state index in [0.717, 1.165) is 63.5 Å². The zero-order valence-electron chi connectivity index (χ0n) is 14.4. The second-order valence-electron chi connectivity index (χ2n) is 7.34. The van der Waals surface area contributed by atoms with E-state index < -0.39 is 0 Å². The van der Waals surface area contributed by atoms with Gasteiger partial charge in [0.05, 0.1) is 18.8 Å². The van der Waals surface area contributed by atoms with Crippen molar-refractivity contribution in [2.24, 2.45) is 11.8 Å². The number of para-hydroxylation sites is 1. The summed E-state index contributed by atoms with van der Waals surface area (Å²) in [5, 5.41) is 0. The Labute approximate surface area is 144 Å². The van der Waals surface area contributed by atoms with Crippen molar-refractivity contribution < 1.29 is 9.53 Å². The smallest absolute Gasteiger partial charge is 0.255 e. The van der Waals surface area contributed by atoms with Crippen molar-refractivity contribution >= 4 is 11.6 Å². The summed E-state index contributed by atoms with van der Waals surface area (Å²) in [4.78, 5) is 17.6.